The van der Waals surface area contributed by atoms with Crippen molar-refractivity contribution in [3.8, 4) is 11.3 Å². The molecule has 6 heteroatoms. The van der Waals surface area contributed by atoms with Crippen molar-refractivity contribution in [1.82, 2.24) is 14.8 Å². The summed E-state index contributed by atoms with van der Waals surface area (Å²) < 4.78 is 1.69. The Morgan fingerprint density at radius 3 is 3.00 bits per heavy atom. The van der Waals surface area contributed by atoms with Crippen LogP contribution in [0, 0.1) is 0 Å². The van der Waals surface area contributed by atoms with Crippen LogP contribution in [0.2, 0.25) is 0 Å². The quantitative estimate of drug-likeness (QED) is 0.843. The first-order chi connectivity index (χ1) is 8.20. The molecule has 0 spiro atoms. The van der Waals surface area contributed by atoms with Crippen LogP contribution < -0.4 is 0 Å². The summed E-state index contributed by atoms with van der Waals surface area (Å²) in [6, 6.07) is 4.86. The highest BCUT2D eigenvalue weighted by Gasteiger charge is 2.08. The molecule has 0 radical (unpaired) electrons. The number of hydrogen-bond donors (Lipinski definition) is 1. The van der Waals surface area contributed by atoms with Crippen LogP contribution in [0.4, 0.5) is 0 Å². The number of hydrogen-bond acceptors (Lipinski definition) is 3. The SMILES string of the molecule is O=C(O)c1cccc(-c2cnn(CCCl)c2)n1. The number of pyridine rings is 1. The fourth-order valence-corrected chi connectivity index (χ4v) is 1.59. The van der Waals surface area contributed by atoms with Gasteiger partial charge < -0.3 is 5.11 Å². The summed E-state index contributed by atoms with van der Waals surface area (Å²) >= 11 is 5.60. The van der Waals surface area contributed by atoms with Crippen molar-refractivity contribution >= 4 is 17.6 Å². The average Bonchev–Trinajstić information content (AvgIpc) is 2.78. The van der Waals surface area contributed by atoms with Crippen LogP contribution in [-0.4, -0.2) is 31.7 Å². The van der Waals surface area contributed by atoms with E-state index in [1.54, 1.807) is 29.2 Å². The fourth-order valence-electron chi connectivity index (χ4n) is 1.42. The number of halogens is 1. The Kier molecular flexibility index (Phi) is 3.39. The predicted molar refractivity (Wildman–Crippen MR) is 63.1 cm³/mol. The van der Waals surface area contributed by atoms with E-state index in [0.29, 0.717) is 18.1 Å². The Bertz CT molecular complexity index is 539. The number of carboxylic acids is 1. The van der Waals surface area contributed by atoms with Crippen LogP contribution in [0.1, 0.15) is 10.5 Å². The van der Waals surface area contributed by atoms with Gasteiger partial charge in [-0.25, -0.2) is 9.78 Å². The summed E-state index contributed by atoms with van der Waals surface area (Å²) in [7, 11) is 0. The number of alkyl halides is 1. The maximum atomic E-state index is 10.8. The Hall–Kier alpha value is -1.88. The summed E-state index contributed by atoms with van der Waals surface area (Å²) in [6.45, 7) is 0.611. The summed E-state index contributed by atoms with van der Waals surface area (Å²) in [5.74, 6) is -0.566. The van der Waals surface area contributed by atoms with E-state index in [1.807, 2.05) is 0 Å². The van der Waals surface area contributed by atoms with E-state index in [4.69, 9.17) is 16.7 Å². The number of carbonyl (C=O) groups is 1. The van der Waals surface area contributed by atoms with Crippen molar-refractivity contribution in [1.29, 1.82) is 0 Å². The number of aryl methyl sites for hydroxylation is 1. The zero-order chi connectivity index (χ0) is 12.3. The molecule has 2 heterocycles. The van der Waals surface area contributed by atoms with Gasteiger partial charge in [0, 0.05) is 17.6 Å². The Morgan fingerprint density at radius 1 is 1.47 bits per heavy atom. The van der Waals surface area contributed by atoms with Crippen molar-refractivity contribution in [2.75, 3.05) is 5.88 Å². The topological polar surface area (TPSA) is 68.0 Å². The fraction of sp³-hybridized carbons (Fsp3) is 0.182. The maximum Gasteiger partial charge on any atom is 0.354 e. The van der Waals surface area contributed by atoms with E-state index in [-0.39, 0.29) is 5.69 Å². The van der Waals surface area contributed by atoms with Gasteiger partial charge in [-0.1, -0.05) is 6.07 Å². The van der Waals surface area contributed by atoms with E-state index in [1.165, 1.54) is 6.07 Å². The zero-order valence-corrected chi connectivity index (χ0v) is 9.63. The van der Waals surface area contributed by atoms with E-state index in [2.05, 4.69) is 10.1 Å². The van der Waals surface area contributed by atoms with Gasteiger partial charge in [-0.2, -0.15) is 5.10 Å². The maximum absolute atomic E-state index is 10.8. The highest BCUT2D eigenvalue weighted by atomic mass is 35.5. The van der Waals surface area contributed by atoms with Crippen LogP contribution >= 0.6 is 11.6 Å². The third-order valence-corrected chi connectivity index (χ3v) is 2.38. The molecule has 0 atom stereocenters. The Labute approximate surface area is 103 Å². The minimum absolute atomic E-state index is 0.0209. The van der Waals surface area contributed by atoms with E-state index < -0.39 is 5.97 Å². The van der Waals surface area contributed by atoms with Crippen molar-refractivity contribution in [3.05, 3.63) is 36.3 Å². The van der Waals surface area contributed by atoms with Crippen molar-refractivity contribution in [2.24, 2.45) is 0 Å². The lowest BCUT2D eigenvalue weighted by Crippen LogP contribution is -2.00. The van der Waals surface area contributed by atoms with Crippen molar-refractivity contribution in [3.63, 3.8) is 0 Å². The first-order valence-electron chi connectivity index (χ1n) is 5.00. The molecule has 2 aromatic rings. The number of aromatic nitrogens is 3. The number of aromatic carboxylic acids is 1. The molecule has 1 N–H and O–H groups in total. The second kappa shape index (κ2) is 4.97. The lowest BCUT2D eigenvalue weighted by atomic mass is 10.2. The highest BCUT2D eigenvalue weighted by Crippen LogP contribution is 2.16. The van der Waals surface area contributed by atoms with Crippen LogP contribution in [0.5, 0.6) is 0 Å². The molecule has 0 saturated heterocycles. The van der Waals surface area contributed by atoms with Gasteiger partial charge in [0.2, 0.25) is 0 Å². The summed E-state index contributed by atoms with van der Waals surface area (Å²) in [5.41, 5.74) is 1.39. The van der Waals surface area contributed by atoms with Crippen molar-refractivity contribution in [2.45, 2.75) is 6.54 Å². The lowest BCUT2D eigenvalue weighted by molar-refractivity contribution is 0.0690. The first kappa shape index (κ1) is 11.6. The van der Waals surface area contributed by atoms with E-state index in [9.17, 15) is 4.79 Å². The van der Waals surface area contributed by atoms with Gasteiger partial charge in [-0.05, 0) is 12.1 Å². The Morgan fingerprint density at radius 2 is 2.29 bits per heavy atom. The summed E-state index contributed by atoms with van der Waals surface area (Å²) in [6.07, 6.45) is 3.43. The molecule has 17 heavy (non-hydrogen) atoms. The first-order valence-corrected chi connectivity index (χ1v) is 5.53. The molecule has 0 aliphatic rings. The second-order valence-corrected chi connectivity index (χ2v) is 3.77. The predicted octanol–water partition coefficient (Wildman–Crippen LogP) is 1.88. The standard InChI is InChI=1S/C11H10ClN3O2/c12-4-5-15-7-8(6-13-15)9-2-1-3-10(14-9)11(16)17/h1-3,6-7H,4-5H2,(H,16,17). The van der Waals surface area contributed by atoms with Gasteiger partial charge in [0.1, 0.15) is 5.69 Å². The molecule has 0 aromatic carbocycles. The molecule has 0 fully saturated rings. The minimum Gasteiger partial charge on any atom is -0.477 e. The molecule has 0 amide bonds. The molecule has 2 rings (SSSR count). The van der Waals surface area contributed by atoms with E-state index in [0.717, 1.165) is 5.56 Å². The number of rotatable bonds is 4. The molecule has 0 unspecified atom stereocenters. The zero-order valence-electron chi connectivity index (χ0n) is 8.88. The lowest BCUT2D eigenvalue weighted by Gasteiger charge is -1.98. The van der Waals surface area contributed by atoms with Crippen molar-refractivity contribution < 1.29 is 9.90 Å². The van der Waals surface area contributed by atoms with Gasteiger partial charge >= 0.3 is 5.97 Å². The smallest absolute Gasteiger partial charge is 0.354 e. The van der Waals surface area contributed by atoms with Gasteiger partial charge in [-0.15, -0.1) is 11.6 Å². The number of nitrogens with zero attached hydrogens (tertiary/aromatic N) is 3. The molecule has 0 bridgehead atoms. The van der Waals surface area contributed by atoms with E-state index >= 15 is 0 Å². The second-order valence-electron chi connectivity index (χ2n) is 3.39. The molecule has 0 aliphatic heterocycles. The monoisotopic (exact) mass is 251 g/mol. The molecule has 0 saturated carbocycles. The third kappa shape index (κ3) is 2.62. The molecule has 88 valence electrons. The molecule has 2 aromatic heterocycles. The van der Waals surface area contributed by atoms with Gasteiger partial charge in [0.25, 0.3) is 0 Å². The average molecular weight is 252 g/mol. The van der Waals surface area contributed by atoms with Crippen LogP contribution in [-0.2, 0) is 6.54 Å². The molecule has 5 nitrogen and oxygen atoms in total. The van der Waals surface area contributed by atoms with Gasteiger partial charge in [-0.3, -0.25) is 4.68 Å². The highest BCUT2D eigenvalue weighted by molar-refractivity contribution is 6.17. The van der Waals surface area contributed by atoms with Crippen LogP contribution in [0.25, 0.3) is 11.3 Å². The number of carboxylic acid groups (broad SMARTS) is 1. The van der Waals surface area contributed by atoms with Gasteiger partial charge in [0.05, 0.1) is 18.4 Å². The molecular formula is C11H10ClN3O2. The summed E-state index contributed by atoms with van der Waals surface area (Å²) in [5, 5.41) is 12.9. The Balaban J connectivity index is 2.32. The molecular weight excluding hydrogens is 242 g/mol. The van der Waals surface area contributed by atoms with Crippen LogP contribution in [0.15, 0.2) is 30.6 Å². The van der Waals surface area contributed by atoms with Crippen LogP contribution in [0.3, 0.4) is 0 Å². The summed E-state index contributed by atoms with van der Waals surface area (Å²) in [4.78, 5) is 14.8. The van der Waals surface area contributed by atoms with Gasteiger partial charge in [0.15, 0.2) is 0 Å². The minimum atomic E-state index is -1.04. The third-order valence-electron chi connectivity index (χ3n) is 2.21. The molecule has 0 aliphatic carbocycles. The normalized spacial score (nSPS) is 10.4. The largest absolute Gasteiger partial charge is 0.477 e.